The van der Waals surface area contributed by atoms with Gasteiger partial charge in [-0.05, 0) is 39.3 Å². The summed E-state index contributed by atoms with van der Waals surface area (Å²) < 4.78 is 32.3. The van der Waals surface area contributed by atoms with Gasteiger partial charge in [0.15, 0.2) is 11.5 Å². The Kier molecular flexibility index (Phi) is 7.49. The highest BCUT2D eigenvalue weighted by Gasteiger charge is 2.34. The summed E-state index contributed by atoms with van der Waals surface area (Å²) in [4.78, 5) is 24.9. The Morgan fingerprint density at radius 3 is 2.71 bits per heavy atom. The number of rotatable bonds is 10. The standard InChI is InChI=1S/C23H29N6O5P/c1-15(2)33-23(30)16(3)28-35(31,34-19-7-5-4-6-8-19)32-12-17-9-10-18(11-17)29-14-27-20-21(24)25-13-26-22(20)29/h4-10,13-18H,11-12H2,1-3H3,(H,28,31)(H2,24,25,26)/t16-,17-,18+,35?/m0/s1. The summed E-state index contributed by atoms with van der Waals surface area (Å²) in [5, 5.41) is 2.71. The van der Waals surface area contributed by atoms with Gasteiger partial charge >= 0.3 is 13.7 Å². The smallest absolute Gasteiger partial charge is 0.459 e. The van der Waals surface area contributed by atoms with Crippen LogP contribution in [0.15, 0.2) is 55.1 Å². The van der Waals surface area contributed by atoms with Gasteiger partial charge in [-0.15, -0.1) is 0 Å². The summed E-state index contributed by atoms with van der Waals surface area (Å²) in [6.45, 7) is 5.15. The second kappa shape index (κ2) is 10.6. The van der Waals surface area contributed by atoms with Gasteiger partial charge < -0.3 is 19.6 Å². The van der Waals surface area contributed by atoms with Crippen LogP contribution in [0.3, 0.4) is 0 Å². The lowest BCUT2D eigenvalue weighted by molar-refractivity contribution is -0.149. The van der Waals surface area contributed by atoms with E-state index >= 15 is 0 Å². The SMILES string of the molecule is CC(C)OC(=O)[C@H](C)NP(=O)(OC[C@H]1C=C[C@@H](n2cnc3c(N)ncnc32)C1)Oc1ccccc1. The molecule has 0 bridgehead atoms. The minimum Gasteiger partial charge on any atom is -0.462 e. The van der Waals surface area contributed by atoms with Crippen LogP contribution in [0.2, 0.25) is 0 Å². The van der Waals surface area contributed by atoms with Crippen LogP contribution in [0.5, 0.6) is 5.75 Å². The van der Waals surface area contributed by atoms with E-state index in [1.54, 1.807) is 51.4 Å². The number of carbonyl (C=O) groups is 1. The molecule has 2 aromatic heterocycles. The predicted octanol–water partition coefficient (Wildman–Crippen LogP) is 3.66. The van der Waals surface area contributed by atoms with Crippen LogP contribution in [-0.4, -0.2) is 44.2 Å². The molecule has 0 radical (unpaired) electrons. The summed E-state index contributed by atoms with van der Waals surface area (Å²) in [7, 11) is -3.91. The number of aromatic nitrogens is 4. The van der Waals surface area contributed by atoms with E-state index in [1.807, 2.05) is 22.8 Å². The molecule has 0 aliphatic heterocycles. The second-order valence-electron chi connectivity index (χ2n) is 8.56. The number of hydrogen-bond acceptors (Lipinski definition) is 9. The molecule has 4 atom stereocenters. The van der Waals surface area contributed by atoms with Crippen molar-refractivity contribution >= 4 is 30.7 Å². The molecule has 186 valence electrons. The number of carbonyl (C=O) groups excluding carboxylic acids is 1. The number of para-hydroxylation sites is 1. The largest absolute Gasteiger partial charge is 0.462 e. The zero-order chi connectivity index (χ0) is 25.0. The number of hydrogen-bond donors (Lipinski definition) is 2. The zero-order valence-electron chi connectivity index (χ0n) is 19.8. The third-order valence-electron chi connectivity index (χ3n) is 5.38. The summed E-state index contributed by atoms with van der Waals surface area (Å²) >= 11 is 0. The van der Waals surface area contributed by atoms with E-state index in [2.05, 4.69) is 20.0 Å². The first kappa shape index (κ1) is 24.8. The first-order valence-electron chi connectivity index (χ1n) is 11.3. The number of fused-ring (bicyclic) bond motifs is 1. The Balaban J connectivity index is 1.43. The molecule has 0 saturated heterocycles. The van der Waals surface area contributed by atoms with Crippen LogP contribution in [-0.2, 0) is 18.6 Å². The lowest BCUT2D eigenvalue weighted by atomic mass is 10.1. The van der Waals surface area contributed by atoms with E-state index in [-0.39, 0.29) is 24.7 Å². The van der Waals surface area contributed by atoms with Gasteiger partial charge in [-0.2, -0.15) is 5.09 Å². The molecular weight excluding hydrogens is 471 g/mol. The maximum absolute atomic E-state index is 13.6. The van der Waals surface area contributed by atoms with Crippen molar-refractivity contribution in [1.29, 1.82) is 0 Å². The molecule has 3 aromatic rings. The maximum atomic E-state index is 13.6. The number of nitrogen functional groups attached to an aromatic ring is 1. The first-order valence-corrected chi connectivity index (χ1v) is 12.9. The Morgan fingerprint density at radius 2 is 1.97 bits per heavy atom. The number of anilines is 1. The van der Waals surface area contributed by atoms with E-state index in [4.69, 9.17) is 19.5 Å². The normalized spacial score (nSPS) is 20.1. The van der Waals surface area contributed by atoms with E-state index in [1.165, 1.54) is 6.33 Å². The van der Waals surface area contributed by atoms with Gasteiger partial charge in [0.05, 0.1) is 25.1 Å². The minimum atomic E-state index is -3.91. The molecular formula is C23H29N6O5P. The van der Waals surface area contributed by atoms with Gasteiger partial charge in [0.25, 0.3) is 0 Å². The Hall–Kier alpha value is -3.27. The number of esters is 1. The van der Waals surface area contributed by atoms with Crippen LogP contribution in [0.25, 0.3) is 11.2 Å². The van der Waals surface area contributed by atoms with Crippen LogP contribution >= 0.6 is 7.75 Å². The van der Waals surface area contributed by atoms with Crippen molar-refractivity contribution in [3.63, 3.8) is 0 Å². The number of imidazole rings is 1. The molecule has 1 aliphatic rings. The van der Waals surface area contributed by atoms with Crippen molar-refractivity contribution in [2.24, 2.45) is 5.92 Å². The second-order valence-corrected chi connectivity index (χ2v) is 10.3. The van der Waals surface area contributed by atoms with E-state index in [0.717, 1.165) is 0 Å². The fourth-order valence-corrected chi connectivity index (χ4v) is 5.27. The van der Waals surface area contributed by atoms with Gasteiger partial charge in [0.2, 0.25) is 0 Å². The van der Waals surface area contributed by atoms with E-state index < -0.39 is 19.8 Å². The average Bonchev–Trinajstić information content (AvgIpc) is 3.45. The Morgan fingerprint density at radius 1 is 1.20 bits per heavy atom. The van der Waals surface area contributed by atoms with Crippen molar-refractivity contribution in [2.45, 2.75) is 45.4 Å². The fourth-order valence-electron chi connectivity index (χ4n) is 3.72. The Labute approximate surface area is 203 Å². The lowest BCUT2D eigenvalue weighted by Gasteiger charge is -2.24. The number of ether oxygens (including phenoxy) is 1. The molecule has 2 heterocycles. The molecule has 4 rings (SSSR count). The predicted molar refractivity (Wildman–Crippen MR) is 130 cm³/mol. The molecule has 1 aliphatic carbocycles. The third-order valence-corrected chi connectivity index (χ3v) is 7.02. The van der Waals surface area contributed by atoms with E-state index in [9.17, 15) is 9.36 Å². The Bertz CT molecular complexity index is 1250. The van der Waals surface area contributed by atoms with Crippen LogP contribution in [0.1, 0.15) is 33.2 Å². The highest BCUT2D eigenvalue weighted by atomic mass is 31.2. The molecule has 12 heteroatoms. The van der Waals surface area contributed by atoms with Crippen molar-refractivity contribution in [1.82, 2.24) is 24.6 Å². The highest BCUT2D eigenvalue weighted by Crippen LogP contribution is 2.46. The minimum absolute atomic E-state index is 0.0229. The number of nitrogens with one attached hydrogen (secondary N) is 1. The van der Waals surface area contributed by atoms with Crippen molar-refractivity contribution in [2.75, 3.05) is 12.3 Å². The van der Waals surface area contributed by atoms with Crippen molar-refractivity contribution in [3.05, 3.63) is 55.1 Å². The monoisotopic (exact) mass is 500 g/mol. The summed E-state index contributed by atoms with van der Waals surface area (Å²) in [6.07, 6.45) is 7.47. The highest BCUT2D eigenvalue weighted by molar-refractivity contribution is 7.52. The summed E-state index contributed by atoms with van der Waals surface area (Å²) in [5.41, 5.74) is 7.09. The molecule has 0 saturated carbocycles. The van der Waals surface area contributed by atoms with Gasteiger partial charge in [-0.25, -0.2) is 19.5 Å². The number of benzene rings is 1. The molecule has 3 N–H and O–H groups in total. The lowest BCUT2D eigenvalue weighted by Crippen LogP contribution is -2.36. The maximum Gasteiger partial charge on any atom is 0.459 e. The quantitative estimate of drug-likeness (QED) is 0.240. The molecule has 1 unspecified atom stereocenters. The van der Waals surface area contributed by atoms with Crippen LogP contribution in [0, 0.1) is 5.92 Å². The molecule has 1 aromatic carbocycles. The van der Waals surface area contributed by atoms with Crippen molar-refractivity contribution in [3.8, 4) is 5.75 Å². The summed E-state index contributed by atoms with van der Waals surface area (Å²) in [6, 6.07) is 7.73. The van der Waals surface area contributed by atoms with E-state index in [0.29, 0.717) is 29.2 Å². The number of nitrogens with two attached hydrogens (primary N) is 1. The molecule has 0 fully saturated rings. The van der Waals surface area contributed by atoms with Crippen LogP contribution < -0.4 is 15.3 Å². The summed E-state index contributed by atoms with van der Waals surface area (Å²) in [5.74, 6) is 0.0826. The first-order chi connectivity index (χ1) is 16.7. The average molecular weight is 500 g/mol. The molecule has 0 amide bonds. The van der Waals surface area contributed by atoms with Gasteiger partial charge in [-0.1, -0.05) is 30.4 Å². The van der Waals surface area contributed by atoms with Crippen LogP contribution in [0.4, 0.5) is 5.82 Å². The topological polar surface area (TPSA) is 143 Å². The number of nitrogens with zero attached hydrogens (tertiary/aromatic N) is 4. The van der Waals surface area contributed by atoms with Gasteiger partial charge in [0.1, 0.15) is 23.6 Å². The van der Waals surface area contributed by atoms with Gasteiger partial charge in [0, 0.05) is 5.92 Å². The van der Waals surface area contributed by atoms with Gasteiger partial charge in [-0.3, -0.25) is 9.32 Å². The number of allylic oxidation sites excluding steroid dienone is 1. The molecule has 35 heavy (non-hydrogen) atoms. The van der Waals surface area contributed by atoms with Crippen molar-refractivity contribution < 1.29 is 23.1 Å². The third kappa shape index (κ3) is 6.05. The molecule has 11 nitrogen and oxygen atoms in total. The fraction of sp³-hybridized carbons (Fsp3) is 0.391. The molecule has 0 spiro atoms. The zero-order valence-corrected chi connectivity index (χ0v) is 20.7.